The highest BCUT2D eigenvalue weighted by Gasteiger charge is 2.28. The van der Waals surface area contributed by atoms with Gasteiger partial charge in [0.2, 0.25) is 5.91 Å². The minimum Gasteiger partial charge on any atom is -0.343 e. The van der Waals surface area contributed by atoms with E-state index >= 15 is 0 Å². The Balaban J connectivity index is 1.74. The van der Waals surface area contributed by atoms with Gasteiger partial charge in [-0.25, -0.2) is 5.01 Å². The molecule has 7 heteroatoms. The number of hydrazine groups is 1. The highest BCUT2D eigenvalue weighted by atomic mass is 127. The molecule has 1 aliphatic rings. The van der Waals surface area contributed by atoms with Crippen molar-refractivity contribution in [2.24, 2.45) is 5.92 Å². The number of aromatic nitrogens is 1. The van der Waals surface area contributed by atoms with Gasteiger partial charge in [0, 0.05) is 60.1 Å². The number of hydrogen-bond acceptors (Lipinski definition) is 4. The number of rotatable bonds is 5. The molecule has 5 nitrogen and oxygen atoms in total. The van der Waals surface area contributed by atoms with Gasteiger partial charge in [-0.15, -0.1) is 0 Å². The molecule has 3 rings (SSSR count). The molecule has 1 N–H and O–H groups in total. The van der Waals surface area contributed by atoms with Gasteiger partial charge in [0.25, 0.3) is 0 Å². The molecule has 1 aliphatic heterocycles. The molecule has 0 radical (unpaired) electrons. The molecule has 0 spiro atoms. The second kappa shape index (κ2) is 9.12. The summed E-state index contributed by atoms with van der Waals surface area (Å²) >= 11 is 8.28. The first kappa shape index (κ1) is 19.5. The number of amides is 1. The Bertz CT molecular complexity index is 718. The molecule has 1 atom stereocenters. The van der Waals surface area contributed by atoms with Crippen molar-refractivity contribution in [3.8, 4) is 0 Å². The molecule has 138 valence electrons. The molecule has 1 fully saturated rings. The van der Waals surface area contributed by atoms with Gasteiger partial charge in [0.1, 0.15) is 0 Å². The van der Waals surface area contributed by atoms with E-state index in [1.165, 1.54) is 0 Å². The zero-order valence-corrected chi connectivity index (χ0v) is 17.5. The summed E-state index contributed by atoms with van der Waals surface area (Å²) in [6, 6.07) is 13.0. The lowest BCUT2D eigenvalue weighted by molar-refractivity contribution is -0.127. The van der Waals surface area contributed by atoms with Gasteiger partial charge in [-0.1, -0.05) is 29.8 Å². The van der Waals surface area contributed by atoms with Crippen LogP contribution in [-0.2, 0) is 4.79 Å². The van der Waals surface area contributed by atoms with Crippen LogP contribution in [0.15, 0.2) is 48.7 Å². The topological polar surface area (TPSA) is 48.5 Å². The Morgan fingerprint density at radius 3 is 2.54 bits per heavy atom. The summed E-state index contributed by atoms with van der Waals surface area (Å²) in [7, 11) is 2.03. The average molecular weight is 485 g/mol. The number of nitrogens with one attached hydrogen (secondary N) is 1. The van der Waals surface area contributed by atoms with Crippen molar-refractivity contribution >= 4 is 40.4 Å². The summed E-state index contributed by atoms with van der Waals surface area (Å²) in [6.07, 6.45) is 3.46. The third-order valence-corrected chi connectivity index (χ3v) is 5.57. The van der Waals surface area contributed by atoms with Crippen LogP contribution in [0.2, 0.25) is 5.02 Å². The van der Waals surface area contributed by atoms with E-state index in [2.05, 4.69) is 41.4 Å². The van der Waals surface area contributed by atoms with Crippen molar-refractivity contribution in [1.29, 1.82) is 0 Å². The predicted molar refractivity (Wildman–Crippen MR) is 112 cm³/mol. The Labute approximate surface area is 173 Å². The first-order valence-corrected chi connectivity index (χ1v) is 10.00. The van der Waals surface area contributed by atoms with E-state index < -0.39 is 0 Å². The number of carbonyl (C=O) groups is 1. The van der Waals surface area contributed by atoms with E-state index in [0.717, 1.165) is 37.2 Å². The number of halogens is 2. The summed E-state index contributed by atoms with van der Waals surface area (Å²) in [5, 5.41) is 6.13. The van der Waals surface area contributed by atoms with Crippen LogP contribution >= 0.6 is 34.5 Å². The second-order valence-corrected chi connectivity index (χ2v) is 8.25. The van der Waals surface area contributed by atoms with Crippen LogP contribution in [0.1, 0.15) is 30.1 Å². The molecular formula is C19H22ClIN4O. The van der Waals surface area contributed by atoms with Gasteiger partial charge in [-0.3, -0.25) is 9.78 Å². The Morgan fingerprint density at radius 2 is 1.96 bits per heavy atom. The smallest absolute Gasteiger partial charge is 0.224 e. The van der Waals surface area contributed by atoms with E-state index in [9.17, 15) is 4.79 Å². The largest absolute Gasteiger partial charge is 0.343 e. The molecular weight excluding hydrogens is 463 g/mol. The van der Waals surface area contributed by atoms with Crippen LogP contribution < -0.4 is 5.32 Å². The summed E-state index contributed by atoms with van der Waals surface area (Å²) in [5.74, 6) is 0.118. The molecule has 0 aliphatic carbocycles. The Kier molecular flexibility index (Phi) is 6.86. The number of carbonyl (C=O) groups excluding carboxylic acids is 1. The molecule has 1 aromatic heterocycles. The predicted octanol–water partition coefficient (Wildman–Crippen LogP) is 3.85. The number of benzene rings is 1. The first-order valence-electron chi connectivity index (χ1n) is 8.65. The zero-order valence-electron chi connectivity index (χ0n) is 14.6. The standard InChI is InChI=1S/C19H22ClIN4O/c1-24(21)25-12-9-15(10-13-25)19(26)23-18(17-4-2-3-11-22-17)14-5-7-16(20)8-6-14/h2-8,11,15,18H,9-10,12-13H2,1H3,(H,23,26). The molecule has 1 aromatic carbocycles. The average Bonchev–Trinajstić information content (AvgIpc) is 2.67. The third kappa shape index (κ3) is 4.94. The van der Waals surface area contributed by atoms with Crippen LogP contribution in [-0.4, -0.2) is 39.3 Å². The van der Waals surface area contributed by atoms with Crippen LogP contribution in [0.5, 0.6) is 0 Å². The molecule has 2 aromatic rings. The maximum Gasteiger partial charge on any atom is 0.224 e. The molecule has 1 amide bonds. The van der Waals surface area contributed by atoms with Crippen LogP contribution in [0.3, 0.4) is 0 Å². The normalized spacial score (nSPS) is 17.2. The fourth-order valence-corrected chi connectivity index (χ4v) is 3.75. The Hall–Kier alpha value is -1.22. The molecule has 0 bridgehead atoms. The first-order chi connectivity index (χ1) is 12.5. The van der Waals surface area contributed by atoms with Crippen LogP contribution in [0, 0.1) is 5.92 Å². The highest BCUT2D eigenvalue weighted by Crippen LogP contribution is 2.25. The number of piperidine rings is 1. The SMILES string of the molecule is CN(I)N1CCC(C(=O)NC(c2ccc(Cl)cc2)c2ccccn2)CC1. The second-order valence-electron chi connectivity index (χ2n) is 6.42. The van der Waals surface area contributed by atoms with Crippen LogP contribution in [0.25, 0.3) is 0 Å². The van der Waals surface area contributed by atoms with E-state index in [1.807, 2.05) is 49.5 Å². The fourth-order valence-electron chi connectivity index (χ4n) is 3.19. The van der Waals surface area contributed by atoms with E-state index in [0.29, 0.717) is 5.02 Å². The van der Waals surface area contributed by atoms with Crippen molar-refractivity contribution in [3.63, 3.8) is 0 Å². The van der Waals surface area contributed by atoms with Crippen molar-refractivity contribution in [1.82, 2.24) is 18.5 Å². The van der Waals surface area contributed by atoms with Gasteiger partial charge in [0.05, 0.1) is 11.7 Å². The fraction of sp³-hybridized carbons (Fsp3) is 0.368. The molecule has 26 heavy (non-hydrogen) atoms. The number of hydrogen-bond donors (Lipinski definition) is 1. The van der Waals surface area contributed by atoms with Crippen molar-refractivity contribution in [2.75, 3.05) is 20.1 Å². The summed E-state index contributed by atoms with van der Waals surface area (Å²) in [6.45, 7) is 1.79. The summed E-state index contributed by atoms with van der Waals surface area (Å²) in [4.78, 5) is 17.3. The lowest BCUT2D eigenvalue weighted by atomic mass is 9.95. The molecule has 1 saturated heterocycles. The maximum atomic E-state index is 12.9. The monoisotopic (exact) mass is 484 g/mol. The molecule has 0 saturated carbocycles. The van der Waals surface area contributed by atoms with Gasteiger partial charge < -0.3 is 5.32 Å². The summed E-state index contributed by atoms with van der Waals surface area (Å²) in [5.41, 5.74) is 1.80. The number of pyridine rings is 1. The zero-order chi connectivity index (χ0) is 18.5. The minimum atomic E-state index is -0.272. The Morgan fingerprint density at radius 1 is 1.27 bits per heavy atom. The van der Waals surface area contributed by atoms with Crippen molar-refractivity contribution in [2.45, 2.75) is 18.9 Å². The van der Waals surface area contributed by atoms with Crippen LogP contribution in [0.4, 0.5) is 0 Å². The highest BCUT2D eigenvalue weighted by molar-refractivity contribution is 14.1. The summed E-state index contributed by atoms with van der Waals surface area (Å²) < 4.78 is 2.07. The number of nitrogens with zero attached hydrogens (tertiary/aromatic N) is 3. The van der Waals surface area contributed by atoms with E-state index in [1.54, 1.807) is 6.20 Å². The van der Waals surface area contributed by atoms with E-state index in [4.69, 9.17) is 11.6 Å². The van der Waals surface area contributed by atoms with Gasteiger partial charge in [0.15, 0.2) is 0 Å². The van der Waals surface area contributed by atoms with Crippen molar-refractivity contribution in [3.05, 3.63) is 64.9 Å². The lowest BCUT2D eigenvalue weighted by Crippen LogP contribution is -2.44. The molecule has 1 unspecified atom stereocenters. The third-order valence-electron chi connectivity index (χ3n) is 4.71. The van der Waals surface area contributed by atoms with Crippen molar-refractivity contribution < 1.29 is 4.79 Å². The molecule has 2 heterocycles. The van der Waals surface area contributed by atoms with Gasteiger partial charge in [-0.05, 0) is 42.7 Å². The minimum absolute atomic E-state index is 0.0288. The maximum absolute atomic E-state index is 12.9. The quantitative estimate of drug-likeness (QED) is 0.517. The van der Waals surface area contributed by atoms with Gasteiger partial charge >= 0.3 is 0 Å². The van der Waals surface area contributed by atoms with E-state index in [-0.39, 0.29) is 17.9 Å². The van der Waals surface area contributed by atoms with Gasteiger partial charge in [-0.2, -0.15) is 3.22 Å². The lowest BCUT2D eigenvalue weighted by Gasteiger charge is -2.34.